The van der Waals surface area contributed by atoms with Gasteiger partial charge in [-0.05, 0) is 6.92 Å². The van der Waals surface area contributed by atoms with Crippen LogP contribution >= 0.6 is 0 Å². The topological polar surface area (TPSA) is 118 Å². The van der Waals surface area contributed by atoms with E-state index in [1.807, 2.05) is 0 Å². The zero-order valence-corrected chi connectivity index (χ0v) is 7.72. The van der Waals surface area contributed by atoms with Gasteiger partial charge in [0.1, 0.15) is 12.2 Å². The molecule has 0 fully saturated rings. The molecule has 0 aliphatic carbocycles. The summed E-state index contributed by atoms with van der Waals surface area (Å²) in [4.78, 5) is 41.7. The zero-order valence-electron chi connectivity index (χ0n) is 7.72. The van der Waals surface area contributed by atoms with E-state index >= 15 is 0 Å². The fourth-order valence-electron chi connectivity index (χ4n) is 0.609. The van der Waals surface area contributed by atoms with Gasteiger partial charge in [0.05, 0.1) is 6.08 Å². The van der Waals surface area contributed by atoms with E-state index in [0.29, 0.717) is 0 Å². The van der Waals surface area contributed by atoms with Crippen LogP contribution in [0.1, 0.15) is 13.3 Å². The summed E-state index contributed by atoms with van der Waals surface area (Å²) in [5.41, 5.74) is 0. The normalized spacial score (nSPS) is 10.6. The SMILES string of the molecule is CC(=O)CC(=O)OC(=CC(=O)O)C(=O)O. The number of ether oxygens (including phenoxy) is 1. The van der Waals surface area contributed by atoms with E-state index in [-0.39, 0.29) is 6.08 Å². The van der Waals surface area contributed by atoms with Crippen molar-refractivity contribution in [2.45, 2.75) is 13.3 Å². The molecule has 0 aliphatic heterocycles. The molecule has 0 aromatic carbocycles. The van der Waals surface area contributed by atoms with Gasteiger partial charge in [0.15, 0.2) is 0 Å². The minimum absolute atomic E-state index is 0.223. The second-order valence-electron chi connectivity index (χ2n) is 2.50. The Morgan fingerprint density at radius 1 is 1.20 bits per heavy atom. The highest BCUT2D eigenvalue weighted by Gasteiger charge is 2.16. The Morgan fingerprint density at radius 2 is 1.73 bits per heavy atom. The quantitative estimate of drug-likeness (QED) is 0.277. The van der Waals surface area contributed by atoms with Crippen molar-refractivity contribution in [3.63, 3.8) is 0 Å². The first kappa shape index (κ1) is 12.8. The zero-order chi connectivity index (χ0) is 12.0. The number of carbonyl (C=O) groups excluding carboxylic acids is 2. The first-order valence-corrected chi connectivity index (χ1v) is 3.71. The second kappa shape index (κ2) is 5.53. The first-order chi connectivity index (χ1) is 6.82. The lowest BCUT2D eigenvalue weighted by atomic mass is 10.3. The van der Waals surface area contributed by atoms with Crippen LogP contribution in [-0.2, 0) is 23.9 Å². The summed E-state index contributed by atoms with van der Waals surface area (Å²) < 4.78 is 4.15. The van der Waals surface area contributed by atoms with Gasteiger partial charge in [0, 0.05) is 0 Å². The van der Waals surface area contributed by atoms with Gasteiger partial charge < -0.3 is 14.9 Å². The molecular weight excluding hydrogens is 208 g/mol. The molecule has 0 aromatic heterocycles. The largest absolute Gasteiger partial charge is 0.478 e. The second-order valence-corrected chi connectivity index (χ2v) is 2.50. The molecule has 0 saturated heterocycles. The standard InChI is InChI=1S/C8H8O7/c1-4(9)2-7(12)15-5(8(13)14)3-6(10)11/h3H,2H2,1H3,(H,10,11)(H,13,14). The van der Waals surface area contributed by atoms with Gasteiger partial charge in [0.2, 0.25) is 5.76 Å². The molecule has 0 spiro atoms. The third-order valence-corrected chi connectivity index (χ3v) is 1.08. The maximum atomic E-state index is 10.8. The lowest BCUT2D eigenvalue weighted by Gasteiger charge is -2.01. The van der Waals surface area contributed by atoms with Gasteiger partial charge in [0.25, 0.3) is 0 Å². The summed E-state index contributed by atoms with van der Waals surface area (Å²) in [6, 6.07) is 0. The van der Waals surface area contributed by atoms with Crippen molar-refractivity contribution in [1.29, 1.82) is 0 Å². The highest BCUT2D eigenvalue weighted by molar-refractivity contribution is 5.98. The van der Waals surface area contributed by atoms with E-state index in [0.717, 1.165) is 6.92 Å². The van der Waals surface area contributed by atoms with Crippen molar-refractivity contribution in [3.05, 3.63) is 11.8 Å². The summed E-state index contributed by atoms with van der Waals surface area (Å²) in [5.74, 6) is -5.93. The molecule has 0 unspecified atom stereocenters. The third-order valence-electron chi connectivity index (χ3n) is 1.08. The molecular formula is C8H8O7. The predicted molar refractivity (Wildman–Crippen MR) is 44.7 cm³/mol. The number of carboxylic acid groups (broad SMARTS) is 2. The Hall–Kier alpha value is -2.18. The number of carbonyl (C=O) groups is 4. The average molecular weight is 216 g/mol. The van der Waals surface area contributed by atoms with Gasteiger partial charge in [-0.2, -0.15) is 0 Å². The van der Waals surface area contributed by atoms with E-state index in [4.69, 9.17) is 10.2 Å². The van der Waals surface area contributed by atoms with Crippen molar-refractivity contribution in [2.75, 3.05) is 0 Å². The molecule has 0 aliphatic rings. The minimum atomic E-state index is -1.70. The molecule has 0 atom stereocenters. The Morgan fingerprint density at radius 3 is 2.07 bits per heavy atom. The molecule has 0 rings (SSSR count). The molecule has 15 heavy (non-hydrogen) atoms. The van der Waals surface area contributed by atoms with Crippen LogP contribution in [0.5, 0.6) is 0 Å². The minimum Gasteiger partial charge on any atom is -0.478 e. The molecule has 7 heteroatoms. The average Bonchev–Trinajstić information content (AvgIpc) is 1.99. The van der Waals surface area contributed by atoms with Crippen LogP contribution in [0.4, 0.5) is 0 Å². The number of Topliss-reactive ketones (excluding diaryl/α,β-unsaturated/α-hetero) is 1. The first-order valence-electron chi connectivity index (χ1n) is 3.71. The summed E-state index contributed by atoms with van der Waals surface area (Å²) in [6.07, 6.45) is -0.384. The molecule has 2 N–H and O–H groups in total. The van der Waals surface area contributed by atoms with Crippen LogP contribution < -0.4 is 0 Å². The highest BCUT2D eigenvalue weighted by atomic mass is 16.6. The van der Waals surface area contributed by atoms with E-state index in [2.05, 4.69) is 4.74 Å². The molecule has 0 bridgehead atoms. The fraction of sp³-hybridized carbons (Fsp3) is 0.250. The number of ketones is 1. The summed E-state index contributed by atoms with van der Waals surface area (Å²) in [6.45, 7) is 1.11. The summed E-state index contributed by atoms with van der Waals surface area (Å²) >= 11 is 0. The third kappa shape index (κ3) is 5.97. The highest BCUT2D eigenvalue weighted by Crippen LogP contribution is 2.01. The Kier molecular flexibility index (Phi) is 4.73. The lowest BCUT2D eigenvalue weighted by Crippen LogP contribution is -2.14. The van der Waals surface area contributed by atoms with E-state index in [1.54, 1.807) is 0 Å². The molecule has 0 radical (unpaired) electrons. The van der Waals surface area contributed by atoms with Gasteiger partial charge in [-0.1, -0.05) is 0 Å². The maximum Gasteiger partial charge on any atom is 0.372 e. The van der Waals surface area contributed by atoms with Gasteiger partial charge in [-0.3, -0.25) is 9.59 Å². The van der Waals surface area contributed by atoms with Crippen LogP contribution in [0.25, 0.3) is 0 Å². The predicted octanol–water partition coefficient (Wildman–Crippen LogP) is -0.438. The number of esters is 1. The molecule has 0 heterocycles. The monoisotopic (exact) mass is 216 g/mol. The van der Waals surface area contributed by atoms with Crippen molar-refractivity contribution in [2.24, 2.45) is 0 Å². The summed E-state index contributed by atoms with van der Waals surface area (Å²) in [5, 5.41) is 16.6. The molecule has 0 saturated carbocycles. The molecule has 82 valence electrons. The number of hydrogen-bond acceptors (Lipinski definition) is 5. The fourth-order valence-corrected chi connectivity index (χ4v) is 0.609. The number of aliphatic carboxylic acids is 2. The van der Waals surface area contributed by atoms with Crippen LogP contribution in [-0.4, -0.2) is 33.9 Å². The van der Waals surface area contributed by atoms with Crippen LogP contribution in [0.2, 0.25) is 0 Å². The van der Waals surface area contributed by atoms with E-state index in [9.17, 15) is 19.2 Å². The smallest absolute Gasteiger partial charge is 0.372 e. The van der Waals surface area contributed by atoms with Crippen LogP contribution in [0.15, 0.2) is 11.8 Å². The van der Waals surface area contributed by atoms with Gasteiger partial charge in [-0.15, -0.1) is 0 Å². The lowest BCUT2D eigenvalue weighted by molar-refractivity contribution is -0.149. The van der Waals surface area contributed by atoms with Crippen molar-refractivity contribution >= 4 is 23.7 Å². The Balaban J connectivity index is 4.57. The Labute approximate surface area is 84.0 Å². The molecule has 0 amide bonds. The molecule has 0 aromatic rings. The van der Waals surface area contributed by atoms with Crippen molar-refractivity contribution in [1.82, 2.24) is 0 Å². The molecule has 7 nitrogen and oxygen atoms in total. The number of carboxylic acids is 2. The Bertz CT molecular complexity index is 339. The summed E-state index contributed by atoms with van der Waals surface area (Å²) in [7, 11) is 0. The number of hydrogen-bond donors (Lipinski definition) is 2. The van der Waals surface area contributed by atoms with Gasteiger partial charge in [-0.25, -0.2) is 9.59 Å². The van der Waals surface area contributed by atoms with Gasteiger partial charge >= 0.3 is 17.9 Å². The van der Waals surface area contributed by atoms with Crippen molar-refractivity contribution in [3.8, 4) is 0 Å². The van der Waals surface area contributed by atoms with Crippen LogP contribution in [0, 0.1) is 0 Å². The maximum absolute atomic E-state index is 10.8. The van der Waals surface area contributed by atoms with E-state index in [1.165, 1.54) is 0 Å². The van der Waals surface area contributed by atoms with E-state index < -0.39 is 35.9 Å². The van der Waals surface area contributed by atoms with Crippen LogP contribution in [0.3, 0.4) is 0 Å². The van der Waals surface area contributed by atoms with Crippen molar-refractivity contribution < 1.29 is 34.1 Å². The number of rotatable bonds is 5.